The molecule has 0 N–H and O–H groups in total. The molecule has 0 aromatic heterocycles. The van der Waals surface area contributed by atoms with Crippen molar-refractivity contribution in [2.45, 2.75) is 12.8 Å². The Kier molecular flexibility index (Phi) is 6.82. The molecule has 1 heterocycles. The number of carbonyl (C=O) groups is 3. The highest BCUT2D eigenvalue weighted by Gasteiger charge is 2.28. The van der Waals surface area contributed by atoms with Gasteiger partial charge in [0, 0.05) is 13.1 Å². The minimum absolute atomic E-state index is 0.182. The fourth-order valence-electron chi connectivity index (χ4n) is 2.80. The summed E-state index contributed by atoms with van der Waals surface area (Å²) in [5.74, 6) is -0.451. The molecule has 0 unspecified atom stereocenters. The van der Waals surface area contributed by atoms with Gasteiger partial charge in [0.05, 0.1) is 32.8 Å². The number of esters is 2. The van der Waals surface area contributed by atoms with E-state index in [1.54, 1.807) is 11.0 Å². The Morgan fingerprint density at radius 2 is 1.69 bits per heavy atom. The Labute approximate surface area is 152 Å². The van der Waals surface area contributed by atoms with E-state index in [0.29, 0.717) is 37.4 Å². The summed E-state index contributed by atoms with van der Waals surface area (Å²) < 4.78 is 20.1. The van der Waals surface area contributed by atoms with Gasteiger partial charge in [0.1, 0.15) is 0 Å². The quantitative estimate of drug-likeness (QED) is 0.701. The second-order valence-electron chi connectivity index (χ2n) is 5.82. The number of amides is 1. The van der Waals surface area contributed by atoms with Crippen LogP contribution in [0.1, 0.15) is 23.2 Å². The summed E-state index contributed by atoms with van der Waals surface area (Å²) >= 11 is 0. The maximum absolute atomic E-state index is 12.2. The van der Waals surface area contributed by atoms with Crippen molar-refractivity contribution in [1.82, 2.24) is 4.90 Å². The van der Waals surface area contributed by atoms with Crippen molar-refractivity contribution in [1.29, 1.82) is 0 Å². The van der Waals surface area contributed by atoms with Crippen molar-refractivity contribution < 1.29 is 33.3 Å². The van der Waals surface area contributed by atoms with Gasteiger partial charge in [0.2, 0.25) is 0 Å². The Bertz CT molecular complexity index is 666. The molecular weight excluding hydrogens is 342 g/mol. The predicted octanol–water partition coefficient (Wildman–Crippen LogP) is 1.27. The van der Waals surface area contributed by atoms with Crippen LogP contribution in [0.3, 0.4) is 0 Å². The monoisotopic (exact) mass is 365 g/mol. The molecule has 1 aliphatic heterocycles. The Balaban J connectivity index is 1.86. The SMILES string of the molecule is COC(=O)C1CCN(C(=O)COC(=O)c2ccc(OC)c(OC)c2)CC1. The zero-order chi connectivity index (χ0) is 19.1. The third kappa shape index (κ3) is 4.65. The third-order valence-electron chi connectivity index (χ3n) is 4.33. The van der Waals surface area contributed by atoms with E-state index in [2.05, 4.69) is 0 Å². The van der Waals surface area contributed by atoms with Crippen molar-refractivity contribution in [2.24, 2.45) is 5.92 Å². The first-order valence-electron chi connectivity index (χ1n) is 8.25. The normalized spacial score (nSPS) is 14.5. The number of likely N-dealkylation sites (tertiary alicyclic amines) is 1. The zero-order valence-corrected chi connectivity index (χ0v) is 15.1. The zero-order valence-electron chi connectivity index (χ0n) is 15.1. The summed E-state index contributed by atoms with van der Waals surface area (Å²) in [6.07, 6.45) is 1.09. The van der Waals surface area contributed by atoms with Crippen LogP contribution < -0.4 is 9.47 Å². The molecular formula is C18H23NO7. The van der Waals surface area contributed by atoms with Crippen molar-refractivity contribution >= 4 is 17.8 Å². The van der Waals surface area contributed by atoms with Gasteiger partial charge >= 0.3 is 11.9 Å². The largest absolute Gasteiger partial charge is 0.493 e. The van der Waals surface area contributed by atoms with Gasteiger partial charge in [-0.3, -0.25) is 9.59 Å². The highest BCUT2D eigenvalue weighted by molar-refractivity contribution is 5.92. The summed E-state index contributed by atoms with van der Waals surface area (Å²) in [5.41, 5.74) is 0.264. The molecule has 0 saturated carbocycles. The van der Waals surface area contributed by atoms with Crippen LogP contribution in [0.4, 0.5) is 0 Å². The summed E-state index contributed by atoms with van der Waals surface area (Å²) in [6, 6.07) is 4.62. The molecule has 0 bridgehead atoms. The van der Waals surface area contributed by atoms with Gasteiger partial charge in [-0.15, -0.1) is 0 Å². The number of piperidine rings is 1. The van der Waals surface area contributed by atoms with E-state index in [1.807, 2.05) is 0 Å². The average molecular weight is 365 g/mol. The van der Waals surface area contributed by atoms with Crippen LogP contribution in [0.2, 0.25) is 0 Å². The number of carbonyl (C=O) groups excluding carboxylic acids is 3. The molecule has 0 spiro atoms. The van der Waals surface area contributed by atoms with Gasteiger partial charge in [0.15, 0.2) is 18.1 Å². The first-order chi connectivity index (χ1) is 12.5. The molecule has 8 heteroatoms. The Morgan fingerprint density at radius 3 is 2.27 bits per heavy atom. The molecule has 0 atom stereocenters. The van der Waals surface area contributed by atoms with Gasteiger partial charge in [-0.25, -0.2) is 4.79 Å². The number of benzene rings is 1. The van der Waals surface area contributed by atoms with Crippen molar-refractivity contribution in [2.75, 3.05) is 41.0 Å². The molecule has 2 rings (SSSR count). The summed E-state index contributed by atoms with van der Waals surface area (Å²) in [5, 5.41) is 0. The van der Waals surface area contributed by atoms with Crippen LogP contribution >= 0.6 is 0 Å². The molecule has 1 fully saturated rings. The first-order valence-corrected chi connectivity index (χ1v) is 8.25. The fraction of sp³-hybridized carbons (Fsp3) is 0.500. The predicted molar refractivity (Wildman–Crippen MR) is 91.1 cm³/mol. The molecule has 1 saturated heterocycles. The summed E-state index contributed by atoms with van der Waals surface area (Å²) in [4.78, 5) is 37.4. The second kappa shape index (κ2) is 9.07. The molecule has 8 nitrogen and oxygen atoms in total. The van der Waals surface area contributed by atoms with Crippen LogP contribution in [0.15, 0.2) is 18.2 Å². The first kappa shape index (κ1) is 19.6. The lowest BCUT2D eigenvalue weighted by molar-refractivity contribution is -0.149. The number of hydrogen-bond acceptors (Lipinski definition) is 7. The molecule has 142 valence electrons. The highest BCUT2D eigenvalue weighted by Crippen LogP contribution is 2.27. The standard InChI is InChI=1S/C18H23NO7/c1-23-14-5-4-13(10-15(14)24-2)18(22)26-11-16(20)19-8-6-12(7-9-19)17(21)25-3/h4-5,10,12H,6-9,11H2,1-3H3. The minimum Gasteiger partial charge on any atom is -0.493 e. The van der Waals surface area contributed by atoms with E-state index in [1.165, 1.54) is 33.5 Å². The number of ether oxygens (including phenoxy) is 4. The van der Waals surface area contributed by atoms with E-state index in [9.17, 15) is 14.4 Å². The Hall–Kier alpha value is -2.77. The average Bonchev–Trinajstić information content (AvgIpc) is 2.70. The van der Waals surface area contributed by atoms with E-state index in [0.717, 1.165) is 0 Å². The van der Waals surface area contributed by atoms with E-state index >= 15 is 0 Å². The van der Waals surface area contributed by atoms with E-state index in [-0.39, 0.29) is 30.0 Å². The lowest BCUT2D eigenvalue weighted by atomic mass is 9.97. The number of rotatable bonds is 6. The third-order valence-corrected chi connectivity index (χ3v) is 4.33. The maximum Gasteiger partial charge on any atom is 0.338 e. The van der Waals surface area contributed by atoms with Gasteiger partial charge in [-0.1, -0.05) is 0 Å². The Morgan fingerprint density at radius 1 is 1.04 bits per heavy atom. The lowest BCUT2D eigenvalue weighted by Crippen LogP contribution is -2.42. The van der Waals surface area contributed by atoms with Crippen LogP contribution in [0.5, 0.6) is 11.5 Å². The summed E-state index contributed by atoms with van der Waals surface area (Å²) in [6.45, 7) is 0.523. The van der Waals surface area contributed by atoms with Crippen LogP contribution in [0, 0.1) is 5.92 Å². The molecule has 1 aliphatic rings. The van der Waals surface area contributed by atoms with Gasteiger partial charge in [0.25, 0.3) is 5.91 Å². The van der Waals surface area contributed by atoms with Crippen LogP contribution in [-0.2, 0) is 19.1 Å². The molecule has 0 aliphatic carbocycles. The van der Waals surface area contributed by atoms with E-state index in [4.69, 9.17) is 18.9 Å². The molecule has 0 radical (unpaired) electrons. The number of hydrogen-bond donors (Lipinski definition) is 0. The van der Waals surface area contributed by atoms with Crippen molar-refractivity contribution in [3.05, 3.63) is 23.8 Å². The number of nitrogens with zero attached hydrogens (tertiary/aromatic N) is 1. The van der Waals surface area contributed by atoms with Crippen LogP contribution in [0.25, 0.3) is 0 Å². The van der Waals surface area contributed by atoms with Crippen LogP contribution in [-0.4, -0.2) is 63.8 Å². The summed E-state index contributed by atoms with van der Waals surface area (Å²) in [7, 11) is 4.32. The number of methoxy groups -OCH3 is 3. The smallest absolute Gasteiger partial charge is 0.338 e. The molecule has 1 aromatic rings. The van der Waals surface area contributed by atoms with Crippen molar-refractivity contribution in [3.63, 3.8) is 0 Å². The second-order valence-corrected chi connectivity index (χ2v) is 5.82. The van der Waals surface area contributed by atoms with Gasteiger partial charge in [-0.05, 0) is 31.0 Å². The molecule has 26 heavy (non-hydrogen) atoms. The topological polar surface area (TPSA) is 91.4 Å². The van der Waals surface area contributed by atoms with Gasteiger partial charge in [-0.2, -0.15) is 0 Å². The fourth-order valence-corrected chi connectivity index (χ4v) is 2.80. The molecule has 1 aromatic carbocycles. The minimum atomic E-state index is -0.622. The van der Waals surface area contributed by atoms with E-state index < -0.39 is 5.97 Å². The molecule has 1 amide bonds. The lowest BCUT2D eigenvalue weighted by Gasteiger charge is -2.30. The maximum atomic E-state index is 12.2. The highest BCUT2D eigenvalue weighted by atomic mass is 16.5. The van der Waals surface area contributed by atoms with Gasteiger partial charge < -0.3 is 23.8 Å². The van der Waals surface area contributed by atoms with Crippen molar-refractivity contribution in [3.8, 4) is 11.5 Å².